The predicted molar refractivity (Wildman–Crippen MR) is 66.2 cm³/mol. The van der Waals surface area contributed by atoms with Crippen molar-refractivity contribution in [3.05, 3.63) is 46.5 Å². The van der Waals surface area contributed by atoms with Crippen LogP contribution < -0.4 is 5.32 Å². The number of likely N-dealkylation sites (N-methyl/N-ethyl adjacent to an activating group) is 1. The van der Waals surface area contributed by atoms with Gasteiger partial charge in [-0.1, -0.05) is 12.1 Å². The number of para-hydroxylation sites is 1. The van der Waals surface area contributed by atoms with Gasteiger partial charge in [0, 0.05) is 19.0 Å². The molecule has 2 rings (SSSR count). The molecule has 1 aromatic heterocycles. The number of rotatable bonds is 5. The Morgan fingerprint density at radius 1 is 1.44 bits per heavy atom. The fourth-order valence-electron chi connectivity index (χ4n) is 1.62. The monoisotopic (exact) mass is 247 g/mol. The molecule has 6 nitrogen and oxygen atoms in total. The number of oxazole rings is 1. The van der Waals surface area contributed by atoms with E-state index in [0.29, 0.717) is 23.6 Å². The maximum absolute atomic E-state index is 10.9. The van der Waals surface area contributed by atoms with Gasteiger partial charge in [0.25, 0.3) is 5.69 Å². The van der Waals surface area contributed by atoms with Gasteiger partial charge in [0.2, 0.25) is 0 Å². The smallest absolute Gasteiger partial charge is 0.280 e. The van der Waals surface area contributed by atoms with Crippen molar-refractivity contribution in [1.82, 2.24) is 10.3 Å². The van der Waals surface area contributed by atoms with Crippen LogP contribution in [0, 0.1) is 10.1 Å². The van der Waals surface area contributed by atoms with E-state index in [1.807, 2.05) is 7.05 Å². The van der Waals surface area contributed by atoms with Crippen LogP contribution >= 0.6 is 0 Å². The van der Waals surface area contributed by atoms with E-state index in [9.17, 15) is 10.1 Å². The molecule has 0 fully saturated rings. The quantitative estimate of drug-likeness (QED) is 0.645. The van der Waals surface area contributed by atoms with Crippen LogP contribution in [0.2, 0.25) is 0 Å². The van der Waals surface area contributed by atoms with E-state index in [-0.39, 0.29) is 5.69 Å². The van der Waals surface area contributed by atoms with Crippen LogP contribution in [0.15, 0.2) is 34.9 Å². The van der Waals surface area contributed by atoms with Gasteiger partial charge in [-0.05, 0) is 13.1 Å². The minimum absolute atomic E-state index is 0.0221. The Kier molecular flexibility index (Phi) is 3.69. The molecule has 0 aliphatic carbocycles. The molecular weight excluding hydrogens is 234 g/mol. The van der Waals surface area contributed by atoms with E-state index < -0.39 is 4.92 Å². The lowest BCUT2D eigenvalue weighted by Crippen LogP contribution is -2.10. The van der Waals surface area contributed by atoms with Crippen LogP contribution in [0.5, 0.6) is 0 Å². The summed E-state index contributed by atoms with van der Waals surface area (Å²) in [7, 11) is 1.84. The molecular formula is C12H13N3O3. The summed E-state index contributed by atoms with van der Waals surface area (Å²) in [4.78, 5) is 14.6. The number of hydrogen-bond donors (Lipinski definition) is 1. The summed E-state index contributed by atoms with van der Waals surface area (Å²) in [6, 6.07) is 6.46. The molecule has 0 saturated heterocycles. The Hall–Kier alpha value is -2.21. The highest BCUT2D eigenvalue weighted by atomic mass is 16.6. The third-order valence-electron chi connectivity index (χ3n) is 2.51. The maximum atomic E-state index is 10.9. The second-order valence-electron chi connectivity index (χ2n) is 3.75. The van der Waals surface area contributed by atoms with Crippen molar-refractivity contribution in [1.29, 1.82) is 0 Å². The van der Waals surface area contributed by atoms with Crippen molar-refractivity contribution in [2.45, 2.75) is 6.42 Å². The second kappa shape index (κ2) is 5.42. The first-order chi connectivity index (χ1) is 8.72. The summed E-state index contributed by atoms with van der Waals surface area (Å²) in [5.41, 5.74) is 0.472. The van der Waals surface area contributed by atoms with E-state index >= 15 is 0 Å². The molecule has 1 heterocycles. The number of aromatic nitrogens is 1. The van der Waals surface area contributed by atoms with E-state index in [2.05, 4.69) is 10.3 Å². The molecule has 94 valence electrons. The molecule has 18 heavy (non-hydrogen) atoms. The first-order valence-electron chi connectivity index (χ1n) is 5.55. The molecule has 1 aromatic carbocycles. The van der Waals surface area contributed by atoms with Crippen LogP contribution in [0.3, 0.4) is 0 Å². The molecule has 0 amide bonds. The van der Waals surface area contributed by atoms with Crippen LogP contribution in [-0.4, -0.2) is 23.5 Å². The summed E-state index contributed by atoms with van der Waals surface area (Å²) < 4.78 is 5.51. The SMILES string of the molecule is CNCCc1ncc(-c2ccccc2[N+](=O)[O-])o1. The second-order valence-corrected chi connectivity index (χ2v) is 3.75. The Morgan fingerprint density at radius 3 is 2.94 bits per heavy atom. The molecule has 0 saturated carbocycles. The van der Waals surface area contributed by atoms with Gasteiger partial charge >= 0.3 is 0 Å². The molecule has 0 spiro atoms. The Labute approximate surface area is 104 Å². The molecule has 0 aliphatic heterocycles. The molecule has 0 radical (unpaired) electrons. The van der Waals surface area contributed by atoms with Crippen LogP contribution in [-0.2, 0) is 6.42 Å². The van der Waals surface area contributed by atoms with Crippen LogP contribution in [0.1, 0.15) is 5.89 Å². The van der Waals surface area contributed by atoms with E-state index in [0.717, 1.165) is 6.54 Å². The molecule has 0 unspecified atom stereocenters. The number of nitrogens with one attached hydrogen (secondary N) is 1. The molecule has 0 bridgehead atoms. The summed E-state index contributed by atoms with van der Waals surface area (Å²) in [5, 5.41) is 13.9. The number of nitro groups is 1. The van der Waals surface area contributed by atoms with Crippen molar-refractivity contribution in [3.63, 3.8) is 0 Å². The molecule has 0 atom stereocenters. The molecule has 1 N–H and O–H groups in total. The topological polar surface area (TPSA) is 81.2 Å². The van der Waals surface area contributed by atoms with Gasteiger partial charge in [0.1, 0.15) is 0 Å². The molecule has 0 aliphatic rings. The summed E-state index contributed by atoms with van der Waals surface area (Å²) in [6.07, 6.45) is 2.17. The van der Waals surface area contributed by atoms with Crippen molar-refractivity contribution in [2.75, 3.05) is 13.6 Å². The number of benzene rings is 1. The van der Waals surface area contributed by atoms with Gasteiger partial charge in [0.15, 0.2) is 11.7 Å². The van der Waals surface area contributed by atoms with Gasteiger partial charge in [0.05, 0.1) is 16.7 Å². The van der Waals surface area contributed by atoms with Gasteiger partial charge in [-0.3, -0.25) is 10.1 Å². The zero-order valence-corrected chi connectivity index (χ0v) is 9.92. The van der Waals surface area contributed by atoms with Crippen molar-refractivity contribution in [2.24, 2.45) is 0 Å². The highest BCUT2D eigenvalue weighted by molar-refractivity contribution is 5.68. The molecule has 6 heteroatoms. The van der Waals surface area contributed by atoms with Gasteiger partial charge in [-0.15, -0.1) is 0 Å². The van der Waals surface area contributed by atoms with Gasteiger partial charge < -0.3 is 9.73 Å². The minimum Gasteiger partial charge on any atom is -0.440 e. The number of hydrogen-bond acceptors (Lipinski definition) is 5. The first kappa shape index (κ1) is 12.3. The standard InChI is InChI=1S/C12H13N3O3/c1-13-7-6-12-14-8-11(18-12)9-4-2-3-5-10(9)15(16)17/h2-5,8,13H,6-7H2,1H3. The lowest BCUT2D eigenvalue weighted by molar-refractivity contribution is -0.384. The van der Waals surface area contributed by atoms with Crippen molar-refractivity contribution in [3.8, 4) is 11.3 Å². The molecule has 2 aromatic rings. The zero-order chi connectivity index (χ0) is 13.0. The average Bonchev–Trinajstić information content (AvgIpc) is 2.85. The zero-order valence-electron chi connectivity index (χ0n) is 9.92. The fraction of sp³-hybridized carbons (Fsp3) is 0.250. The third kappa shape index (κ3) is 2.54. The fourth-order valence-corrected chi connectivity index (χ4v) is 1.62. The lowest BCUT2D eigenvalue weighted by Gasteiger charge is -1.98. The van der Waals surface area contributed by atoms with E-state index in [4.69, 9.17) is 4.42 Å². The third-order valence-corrected chi connectivity index (χ3v) is 2.51. The van der Waals surface area contributed by atoms with Crippen LogP contribution in [0.4, 0.5) is 5.69 Å². The van der Waals surface area contributed by atoms with Crippen molar-refractivity contribution >= 4 is 5.69 Å². The highest BCUT2D eigenvalue weighted by Crippen LogP contribution is 2.29. The number of nitro benzene ring substituents is 1. The predicted octanol–water partition coefficient (Wildman–Crippen LogP) is 2.01. The first-order valence-corrected chi connectivity index (χ1v) is 5.55. The Bertz CT molecular complexity index is 551. The van der Waals surface area contributed by atoms with E-state index in [1.165, 1.54) is 12.3 Å². The summed E-state index contributed by atoms with van der Waals surface area (Å²) >= 11 is 0. The summed E-state index contributed by atoms with van der Waals surface area (Å²) in [6.45, 7) is 0.747. The van der Waals surface area contributed by atoms with Crippen molar-refractivity contribution < 1.29 is 9.34 Å². The highest BCUT2D eigenvalue weighted by Gasteiger charge is 2.17. The minimum atomic E-state index is -0.425. The number of nitrogens with zero attached hydrogens (tertiary/aromatic N) is 2. The Morgan fingerprint density at radius 2 is 2.22 bits per heavy atom. The average molecular weight is 247 g/mol. The normalized spacial score (nSPS) is 10.5. The summed E-state index contributed by atoms with van der Waals surface area (Å²) in [5.74, 6) is 0.992. The van der Waals surface area contributed by atoms with Gasteiger partial charge in [-0.2, -0.15) is 0 Å². The van der Waals surface area contributed by atoms with Gasteiger partial charge in [-0.25, -0.2) is 4.98 Å². The Balaban J connectivity index is 2.31. The lowest BCUT2D eigenvalue weighted by atomic mass is 10.1. The largest absolute Gasteiger partial charge is 0.440 e. The maximum Gasteiger partial charge on any atom is 0.280 e. The van der Waals surface area contributed by atoms with E-state index in [1.54, 1.807) is 18.2 Å². The van der Waals surface area contributed by atoms with Crippen LogP contribution in [0.25, 0.3) is 11.3 Å².